The highest BCUT2D eigenvalue weighted by molar-refractivity contribution is 5.83. The number of carbonyl (C=O) groups excluding carboxylic acids is 1. The van der Waals surface area contributed by atoms with E-state index in [0.29, 0.717) is 23.7 Å². The summed E-state index contributed by atoms with van der Waals surface area (Å²) >= 11 is 0. The van der Waals surface area contributed by atoms with Crippen LogP contribution >= 0.6 is 0 Å². The molecule has 3 nitrogen and oxygen atoms in total. The summed E-state index contributed by atoms with van der Waals surface area (Å²) in [5.41, 5.74) is 1.43. The Labute approximate surface area is 211 Å². The van der Waals surface area contributed by atoms with Crippen molar-refractivity contribution in [3.8, 4) is 0 Å². The molecule has 1 aromatic heterocycles. The Morgan fingerprint density at radius 3 is 2.57 bits per heavy atom. The molecule has 1 heterocycles. The molecular weight excluding hydrogens is 435 g/mol. The predicted octanol–water partition coefficient (Wildman–Crippen LogP) is 8.07. The average Bonchev–Trinajstić information content (AvgIpc) is 3.40. The average molecular weight is 481 g/mol. The van der Waals surface area contributed by atoms with Crippen molar-refractivity contribution in [3.05, 3.63) is 30.2 Å². The second-order valence-corrected chi connectivity index (χ2v) is 12.7. The fourth-order valence-electron chi connectivity index (χ4n) is 9.40. The Bertz CT molecular complexity index is 1080. The third-order valence-corrected chi connectivity index (χ3v) is 11.1. The minimum Gasteiger partial charge on any atom is -0.297 e. The first-order valence-corrected chi connectivity index (χ1v) is 14.4. The van der Waals surface area contributed by atoms with Gasteiger partial charge in [-0.2, -0.15) is 5.10 Å². The summed E-state index contributed by atoms with van der Waals surface area (Å²) in [5, 5.41) is 5.32. The molecule has 6 rings (SSSR count). The zero-order valence-corrected chi connectivity index (χ0v) is 22.5. The SMILES string of the molecule is CC.C[C@H]1CCC2(C)C(CCC3C2CCC2(C)C3CC[C@@H]2C(=O)Cn2cc3cc(F)ccc3n2)C1. The van der Waals surface area contributed by atoms with Crippen molar-refractivity contribution >= 4 is 16.7 Å². The maximum Gasteiger partial charge on any atom is 0.157 e. The van der Waals surface area contributed by atoms with Gasteiger partial charge in [0.05, 0.1) is 12.1 Å². The van der Waals surface area contributed by atoms with Gasteiger partial charge in [-0.15, -0.1) is 0 Å². The first kappa shape index (κ1) is 25.0. The summed E-state index contributed by atoms with van der Waals surface area (Å²) < 4.78 is 15.3. The zero-order chi connectivity index (χ0) is 25.0. The minimum absolute atomic E-state index is 0.141. The number of hydrogen-bond acceptors (Lipinski definition) is 2. The molecule has 35 heavy (non-hydrogen) atoms. The van der Waals surface area contributed by atoms with Gasteiger partial charge in [0.1, 0.15) is 5.82 Å². The molecule has 0 radical (unpaired) electrons. The number of Topliss-reactive ketones (excluding diaryl/α,β-unsaturated/α-hetero) is 1. The topological polar surface area (TPSA) is 34.9 Å². The molecule has 0 aliphatic heterocycles. The van der Waals surface area contributed by atoms with Crippen LogP contribution in [0.1, 0.15) is 92.4 Å². The molecule has 4 aliphatic rings. The van der Waals surface area contributed by atoms with E-state index in [2.05, 4.69) is 25.9 Å². The van der Waals surface area contributed by atoms with E-state index in [1.54, 1.807) is 10.7 Å². The minimum atomic E-state index is -0.257. The fourth-order valence-corrected chi connectivity index (χ4v) is 9.40. The molecule has 1 aromatic carbocycles. The van der Waals surface area contributed by atoms with E-state index < -0.39 is 0 Å². The molecule has 6 unspecified atom stereocenters. The lowest BCUT2D eigenvalue weighted by Gasteiger charge is -2.61. The van der Waals surface area contributed by atoms with E-state index in [9.17, 15) is 9.18 Å². The van der Waals surface area contributed by atoms with Crippen LogP contribution in [-0.4, -0.2) is 15.6 Å². The molecule has 0 N–H and O–H groups in total. The Hall–Kier alpha value is -1.71. The molecular formula is C31H45FN2O. The lowest BCUT2D eigenvalue weighted by atomic mass is 9.44. The highest BCUT2D eigenvalue weighted by atomic mass is 19.1. The lowest BCUT2D eigenvalue weighted by molar-refractivity contribution is -0.137. The maximum absolute atomic E-state index is 13.6. The number of nitrogens with zero attached hydrogens (tertiary/aromatic N) is 2. The highest BCUT2D eigenvalue weighted by Crippen LogP contribution is 2.67. The number of ketones is 1. The standard InChI is InChI=1S/C29H39FN2O.C2H6/c1-18-10-12-28(2)20(14-18)4-6-22-23-7-8-25(29(23,3)13-11-24(22)28)27(33)17-32-16-19-15-21(30)5-9-26(19)31-32;1-2/h5,9,15-16,18,20,22-25H,4,6-8,10-14,17H2,1-3H3;1-2H3/t18-,20?,22?,23?,24?,25+,28?,29?;/m0./s1. The summed E-state index contributed by atoms with van der Waals surface area (Å²) in [5.74, 6) is 4.41. The molecule has 0 amide bonds. The summed E-state index contributed by atoms with van der Waals surface area (Å²) in [6.45, 7) is 11.8. The second-order valence-electron chi connectivity index (χ2n) is 12.7. The van der Waals surface area contributed by atoms with Crippen LogP contribution in [0.3, 0.4) is 0 Å². The van der Waals surface area contributed by atoms with E-state index in [1.165, 1.54) is 63.5 Å². The molecule has 8 atom stereocenters. The molecule has 4 heteroatoms. The fraction of sp³-hybridized carbons (Fsp3) is 0.742. The van der Waals surface area contributed by atoms with Gasteiger partial charge in [0.25, 0.3) is 0 Å². The van der Waals surface area contributed by atoms with Crippen molar-refractivity contribution in [3.63, 3.8) is 0 Å². The monoisotopic (exact) mass is 480 g/mol. The van der Waals surface area contributed by atoms with Gasteiger partial charge in [-0.25, -0.2) is 4.39 Å². The molecule has 4 saturated carbocycles. The van der Waals surface area contributed by atoms with Crippen LogP contribution in [0, 0.1) is 52.2 Å². The maximum atomic E-state index is 13.6. The molecule has 2 aromatic rings. The number of hydrogen-bond donors (Lipinski definition) is 0. The number of benzene rings is 1. The number of aromatic nitrogens is 2. The summed E-state index contributed by atoms with van der Waals surface area (Å²) in [4.78, 5) is 13.6. The Kier molecular flexibility index (Phi) is 6.64. The van der Waals surface area contributed by atoms with Gasteiger partial charge >= 0.3 is 0 Å². The van der Waals surface area contributed by atoms with Crippen LogP contribution < -0.4 is 0 Å². The van der Waals surface area contributed by atoms with Crippen LogP contribution in [-0.2, 0) is 11.3 Å². The smallest absolute Gasteiger partial charge is 0.157 e. The van der Waals surface area contributed by atoms with Crippen molar-refractivity contribution in [2.24, 2.45) is 46.3 Å². The number of carbonyl (C=O) groups is 1. The lowest BCUT2D eigenvalue weighted by Crippen LogP contribution is -2.53. The normalized spacial score (nSPS) is 40.3. The van der Waals surface area contributed by atoms with Crippen LogP contribution in [0.25, 0.3) is 10.9 Å². The summed E-state index contributed by atoms with van der Waals surface area (Å²) in [7, 11) is 0. The van der Waals surface area contributed by atoms with Crippen molar-refractivity contribution in [1.82, 2.24) is 9.78 Å². The van der Waals surface area contributed by atoms with Crippen LogP contribution in [0.4, 0.5) is 4.39 Å². The van der Waals surface area contributed by atoms with Crippen molar-refractivity contribution < 1.29 is 9.18 Å². The molecule has 192 valence electrons. The van der Waals surface area contributed by atoms with Gasteiger partial charge in [-0.05, 0) is 110 Å². The summed E-state index contributed by atoms with van der Waals surface area (Å²) in [6, 6.07) is 4.63. The largest absolute Gasteiger partial charge is 0.297 e. The van der Waals surface area contributed by atoms with E-state index in [4.69, 9.17) is 0 Å². The van der Waals surface area contributed by atoms with E-state index in [1.807, 2.05) is 20.0 Å². The van der Waals surface area contributed by atoms with Gasteiger partial charge in [-0.1, -0.05) is 41.0 Å². The molecule has 0 spiro atoms. The zero-order valence-electron chi connectivity index (χ0n) is 22.5. The van der Waals surface area contributed by atoms with Crippen LogP contribution in [0.15, 0.2) is 24.4 Å². The highest BCUT2D eigenvalue weighted by Gasteiger charge is 2.60. The van der Waals surface area contributed by atoms with E-state index in [-0.39, 0.29) is 17.2 Å². The van der Waals surface area contributed by atoms with Gasteiger partial charge < -0.3 is 0 Å². The van der Waals surface area contributed by atoms with E-state index in [0.717, 1.165) is 41.0 Å². The number of halogens is 1. The third kappa shape index (κ3) is 4.07. The Morgan fingerprint density at radius 1 is 1.03 bits per heavy atom. The van der Waals surface area contributed by atoms with Gasteiger partial charge in [-0.3, -0.25) is 9.48 Å². The van der Waals surface area contributed by atoms with Gasteiger partial charge in [0.15, 0.2) is 5.78 Å². The predicted molar refractivity (Wildman–Crippen MR) is 140 cm³/mol. The quantitative estimate of drug-likeness (QED) is 0.445. The number of rotatable bonds is 3. The first-order chi connectivity index (χ1) is 16.8. The first-order valence-electron chi connectivity index (χ1n) is 14.4. The van der Waals surface area contributed by atoms with Gasteiger partial charge in [0.2, 0.25) is 0 Å². The molecule has 0 saturated heterocycles. The van der Waals surface area contributed by atoms with Gasteiger partial charge in [0, 0.05) is 17.5 Å². The number of fused-ring (bicyclic) bond motifs is 6. The van der Waals surface area contributed by atoms with Crippen LogP contribution in [0.5, 0.6) is 0 Å². The second kappa shape index (κ2) is 9.30. The van der Waals surface area contributed by atoms with E-state index >= 15 is 0 Å². The van der Waals surface area contributed by atoms with Crippen molar-refractivity contribution in [2.75, 3.05) is 0 Å². The van der Waals surface area contributed by atoms with Crippen molar-refractivity contribution in [2.45, 2.75) is 99.0 Å². The molecule has 4 fully saturated rings. The molecule has 0 bridgehead atoms. The summed E-state index contributed by atoms with van der Waals surface area (Å²) in [6.07, 6.45) is 13.7. The van der Waals surface area contributed by atoms with Crippen molar-refractivity contribution in [1.29, 1.82) is 0 Å². The Morgan fingerprint density at radius 2 is 1.77 bits per heavy atom. The third-order valence-electron chi connectivity index (χ3n) is 11.1. The van der Waals surface area contributed by atoms with Crippen LogP contribution in [0.2, 0.25) is 0 Å². The molecule has 4 aliphatic carbocycles. The Balaban J connectivity index is 0.00000124.